The third-order valence-corrected chi connectivity index (χ3v) is 5.24. The number of rotatable bonds is 8. The molecule has 32 heavy (non-hydrogen) atoms. The van der Waals surface area contributed by atoms with E-state index in [1.165, 1.54) is 12.1 Å². The first-order chi connectivity index (χ1) is 15.4. The predicted octanol–water partition coefficient (Wildman–Crippen LogP) is 4.84. The third kappa shape index (κ3) is 5.84. The van der Waals surface area contributed by atoms with E-state index in [-0.39, 0.29) is 22.0 Å². The molecule has 2 N–H and O–H groups in total. The highest BCUT2D eigenvalue weighted by molar-refractivity contribution is 6.39. The lowest BCUT2D eigenvalue weighted by atomic mass is 10.1. The van der Waals surface area contributed by atoms with Crippen LogP contribution < -0.4 is 10.2 Å². The number of nitrogens with zero attached hydrogens (tertiary/aromatic N) is 3. The van der Waals surface area contributed by atoms with Crippen LogP contribution in [0.1, 0.15) is 22.3 Å². The van der Waals surface area contributed by atoms with Gasteiger partial charge in [0, 0.05) is 25.1 Å². The summed E-state index contributed by atoms with van der Waals surface area (Å²) in [4.78, 5) is 34.3. The summed E-state index contributed by atoms with van der Waals surface area (Å²) in [7, 11) is 1.87. The Morgan fingerprint density at radius 1 is 1.06 bits per heavy atom. The molecule has 0 aliphatic heterocycles. The minimum atomic E-state index is -1.16. The average molecular weight is 471 g/mol. The number of carbonyl (C=O) groups excluding carboxylic acids is 1. The summed E-state index contributed by atoms with van der Waals surface area (Å²) in [5, 5.41) is 12.2. The summed E-state index contributed by atoms with van der Waals surface area (Å²) in [5.41, 5.74) is 1.83. The molecule has 1 atom stereocenters. The maximum atomic E-state index is 12.5. The molecule has 1 unspecified atom stereocenters. The zero-order valence-electron chi connectivity index (χ0n) is 17.1. The molecule has 0 aliphatic rings. The Hall–Kier alpha value is -3.42. The Balaban J connectivity index is 1.64. The second kappa shape index (κ2) is 10.7. The van der Waals surface area contributed by atoms with Crippen LogP contribution in [0.3, 0.4) is 0 Å². The van der Waals surface area contributed by atoms with Gasteiger partial charge in [-0.2, -0.15) is 0 Å². The van der Waals surface area contributed by atoms with Gasteiger partial charge in [0.15, 0.2) is 0 Å². The molecule has 0 fully saturated rings. The molecule has 2 aromatic carbocycles. The normalized spacial score (nSPS) is 11.8. The zero-order valence-corrected chi connectivity index (χ0v) is 18.6. The largest absolute Gasteiger partial charge is 0.480 e. The average Bonchev–Trinajstić information content (AvgIpc) is 2.78. The molecular formula is C23H20Cl2N4O3. The topological polar surface area (TPSA) is 95.4 Å². The molecule has 9 heteroatoms. The van der Waals surface area contributed by atoms with Gasteiger partial charge in [0.1, 0.15) is 6.04 Å². The quantitative estimate of drug-likeness (QED) is 0.488. The van der Waals surface area contributed by atoms with Crippen molar-refractivity contribution in [1.82, 2.24) is 15.3 Å². The van der Waals surface area contributed by atoms with Gasteiger partial charge in [0.25, 0.3) is 5.91 Å². The number of aliphatic carboxylic acids is 1. The molecule has 164 valence electrons. The third-order valence-electron chi connectivity index (χ3n) is 4.61. The fraction of sp³-hybridized carbons (Fsp3) is 0.130. The fourth-order valence-electron chi connectivity index (χ4n) is 2.90. The van der Waals surface area contributed by atoms with E-state index in [0.717, 1.165) is 11.3 Å². The second-order valence-electron chi connectivity index (χ2n) is 6.80. The van der Waals surface area contributed by atoms with Crippen LogP contribution in [-0.4, -0.2) is 40.0 Å². The first kappa shape index (κ1) is 23.2. The van der Waals surface area contributed by atoms with Crippen molar-refractivity contribution in [3.05, 3.63) is 88.2 Å². The minimum absolute atomic E-state index is 0.0492. The molecule has 1 heterocycles. The Kier molecular flexibility index (Phi) is 7.81. The predicted molar refractivity (Wildman–Crippen MR) is 126 cm³/mol. The van der Waals surface area contributed by atoms with E-state index in [4.69, 9.17) is 23.2 Å². The van der Waals surface area contributed by atoms with Crippen molar-refractivity contribution in [1.29, 1.82) is 0 Å². The van der Waals surface area contributed by atoms with Crippen molar-refractivity contribution in [3.8, 4) is 0 Å². The Morgan fingerprint density at radius 3 is 2.28 bits per heavy atom. The molecule has 1 aromatic heterocycles. The standard InChI is InChI=1S/C23H20Cl2N4O3/c1-29(23-26-13-4-14-27-23)16-11-9-15(10-12-16)5-2-8-19(22(31)32)28-21(30)20-17(24)6-3-7-18(20)25/h2-7,9-14,19H,8H2,1H3,(H,28,30)(H,31,32)/b5-2+. The smallest absolute Gasteiger partial charge is 0.326 e. The highest BCUT2D eigenvalue weighted by Gasteiger charge is 2.22. The van der Waals surface area contributed by atoms with Gasteiger partial charge in [-0.1, -0.05) is 53.6 Å². The Labute approximate surface area is 195 Å². The lowest BCUT2D eigenvalue weighted by Gasteiger charge is -2.16. The monoisotopic (exact) mass is 470 g/mol. The zero-order chi connectivity index (χ0) is 23.1. The summed E-state index contributed by atoms with van der Waals surface area (Å²) in [5.74, 6) is -1.22. The summed E-state index contributed by atoms with van der Waals surface area (Å²) in [6, 6.07) is 12.9. The number of benzene rings is 2. The van der Waals surface area contributed by atoms with E-state index >= 15 is 0 Å². The molecule has 0 saturated carbocycles. The molecule has 0 bridgehead atoms. The first-order valence-electron chi connectivity index (χ1n) is 9.62. The maximum Gasteiger partial charge on any atom is 0.326 e. The van der Waals surface area contributed by atoms with Crippen molar-refractivity contribution in [2.45, 2.75) is 12.5 Å². The van der Waals surface area contributed by atoms with Crippen molar-refractivity contribution >= 4 is 52.8 Å². The number of anilines is 2. The van der Waals surface area contributed by atoms with E-state index in [1.807, 2.05) is 36.2 Å². The van der Waals surface area contributed by atoms with Crippen LogP contribution in [0.15, 0.2) is 67.0 Å². The van der Waals surface area contributed by atoms with Gasteiger partial charge in [-0.15, -0.1) is 0 Å². The van der Waals surface area contributed by atoms with Gasteiger partial charge < -0.3 is 15.3 Å². The molecule has 0 saturated heterocycles. The Morgan fingerprint density at radius 2 is 1.69 bits per heavy atom. The van der Waals surface area contributed by atoms with Crippen molar-refractivity contribution in [2.24, 2.45) is 0 Å². The minimum Gasteiger partial charge on any atom is -0.480 e. The maximum absolute atomic E-state index is 12.5. The van der Waals surface area contributed by atoms with E-state index in [2.05, 4.69) is 15.3 Å². The molecule has 3 aromatic rings. The van der Waals surface area contributed by atoms with E-state index < -0.39 is 17.9 Å². The van der Waals surface area contributed by atoms with E-state index in [9.17, 15) is 14.7 Å². The summed E-state index contributed by atoms with van der Waals surface area (Å²) in [6.07, 6.45) is 6.91. The van der Waals surface area contributed by atoms with E-state index in [1.54, 1.807) is 36.7 Å². The molecule has 1 amide bonds. The molecular weight excluding hydrogens is 451 g/mol. The van der Waals surface area contributed by atoms with Crippen LogP contribution in [0.25, 0.3) is 6.08 Å². The van der Waals surface area contributed by atoms with Crippen LogP contribution >= 0.6 is 23.2 Å². The van der Waals surface area contributed by atoms with Crippen LogP contribution in [0.5, 0.6) is 0 Å². The summed E-state index contributed by atoms with van der Waals surface area (Å²) < 4.78 is 0. The number of amides is 1. The van der Waals surface area contributed by atoms with Crippen molar-refractivity contribution in [2.75, 3.05) is 11.9 Å². The van der Waals surface area contributed by atoms with Crippen LogP contribution in [0, 0.1) is 0 Å². The molecule has 0 radical (unpaired) electrons. The second-order valence-corrected chi connectivity index (χ2v) is 7.61. The summed E-state index contributed by atoms with van der Waals surface area (Å²) >= 11 is 12.1. The number of aromatic nitrogens is 2. The molecule has 3 rings (SSSR count). The number of hydrogen-bond acceptors (Lipinski definition) is 5. The number of nitrogens with one attached hydrogen (secondary N) is 1. The lowest BCUT2D eigenvalue weighted by molar-refractivity contribution is -0.139. The van der Waals surface area contributed by atoms with E-state index in [0.29, 0.717) is 5.95 Å². The summed E-state index contributed by atoms with van der Waals surface area (Å²) in [6.45, 7) is 0. The highest BCUT2D eigenvalue weighted by atomic mass is 35.5. The Bertz CT molecular complexity index is 1100. The lowest BCUT2D eigenvalue weighted by Crippen LogP contribution is -2.40. The van der Waals surface area contributed by atoms with Gasteiger partial charge in [-0.05, 0) is 42.3 Å². The van der Waals surface area contributed by atoms with Crippen molar-refractivity contribution in [3.63, 3.8) is 0 Å². The highest BCUT2D eigenvalue weighted by Crippen LogP contribution is 2.24. The van der Waals surface area contributed by atoms with Crippen LogP contribution in [0.4, 0.5) is 11.6 Å². The SMILES string of the molecule is CN(c1ccc(/C=C/CC(NC(=O)c2c(Cl)cccc2Cl)C(=O)O)cc1)c1ncccn1. The van der Waals surface area contributed by atoms with Gasteiger partial charge in [-0.3, -0.25) is 4.79 Å². The fourth-order valence-corrected chi connectivity index (χ4v) is 3.46. The number of hydrogen-bond donors (Lipinski definition) is 2. The van der Waals surface area contributed by atoms with Gasteiger partial charge in [-0.25, -0.2) is 14.8 Å². The van der Waals surface area contributed by atoms with Crippen LogP contribution in [-0.2, 0) is 4.79 Å². The number of carboxylic acid groups (broad SMARTS) is 1. The molecule has 0 aliphatic carbocycles. The number of halogens is 2. The van der Waals surface area contributed by atoms with Crippen molar-refractivity contribution < 1.29 is 14.7 Å². The molecule has 0 spiro atoms. The van der Waals surface area contributed by atoms with Crippen LogP contribution in [0.2, 0.25) is 10.0 Å². The number of carbonyl (C=O) groups is 2. The number of carboxylic acids is 1. The van der Waals surface area contributed by atoms with Gasteiger partial charge in [0.05, 0.1) is 15.6 Å². The first-order valence-corrected chi connectivity index (χ1v) is 10.4. The molecule has 7 nitrogen and oxygen atoms in total. The van der Waals surface area contributed by atoms with Gasteiger partial charge in [0.2, 0.25) is 5.95 Å². The van der Waals surface area contributed by atoms with Gasteiger partial charge >= 0.3 is 5.97 Å².